The number of hydrogen-bond donors (Lipinski definition) is 1. The van der Waals surface area contributed by atoms with Gasteiger partial charge in [0, 0.05) is 6.61 Å². The number of rotatable bonds is 4. The molecule has 0 heterocycles. The van der Waals surface area contributed by atoms with E-state index < -0.39 is 0 Å². The monoisotopic (exact) mass is 466 g/mol. The summed E-state index contributed by atoms with van der Waals surface area (Å²) in [4.78, 5) is 0. The lowest BCUT2D eigenvalue weighted by Crippen LogP contribution is -1.98. The molecule has 0 aliphatic heterocycles. The quantitative estimate of drug-likeness (QED) is 0.384. The standard InChI is InChI=1S/C5H9I3O/c6-5(7,8)3-1-2-4-9/h9H,1-4H2. The van der Waals surface area contributed by atoms with Crippen molar-refractivity contribution in [2.45, 2.75) is 18.7 Å². The van der Waals surface area contributed by atoms with Crippen molar-refractivity contribution in [1.29, 1.82) is 0 Å². The smallest absolute Gasteiger partial charge is 0.124 e. The minimum Gasteiger partial charge on any atom is -0.396 e. The SMILES string of the molecule is OCCCCC(I)(I)I. The number of hydrogen-bond acceptors (Lipinski definition) is 1. The molecule has 0 fully saturated rings. The molecular formula is C5H9I3O. The van der Waals surface area contributed by atoms with Gasteiger partial charge < -0.3 is 5.11 Å². The fourth-order valence-electron chi connectivity index (χ4n) is 0.437. The maximum atomic E-state index is 8.46. The summed E-state index contributed by atoms with van der Waals surface area (Å²) in [7, 11) is 0. The van der Waals surface area contributed by atoms with Crippen molar-refractivity contribution in [2.75, 3.05) is 6.61 Å². The van der Waals surface area contributed by atoms with Crippen molar-refractivity contribution in [3.8, 4) is 0 Å². The van der Waals surface area contributed by atoms with Gasteiger partial charge in [-0.2, -0.15) is 0 Å². The van der Waals surface area contributed by atoms with Crippen molar-refractivity contribution in [2.24, 2.45) is 0 Å². The fraction of sp³-hybridized carbons (Fsp3) is 1.00. The maximum Gasteiger partial charge on any atom is 0.124 e. The molecule has 0 unspecified atom stereocenters. The fourth-order valence-corrected chi connectivity index (χ4v) is 1.58. The van der Waals surface area contributed by atoms with E-state index in [1.54, 1.807) is 0 Å². The molecule has 0 aliphatic carbocycles. The van der Waals surface area contributed by atoms with Crippen LogP contribution in [0.15, 0.2) is 0 Å². The average molecular weight is 466 g/mol. The Balaban J connectivity index is 3.07. The molecule has 0 atom stereocenters. The van der Waals surface area contributed by atoms with E-state index in [0.717, 1.165) is 12.8 Å². The van der Waals surface area contributed by atoms with Crippen LogP contribution in [0.2, 0.25) is 0 Å². The molecule has 0 aromatic heterocycles. The first-order valence-electron chi connectivity index (χ1n) is 2.74. The topological polar surface area (TPSA) is 20.2 Å². The minimum atomic E-state index is 0.333. The molecule has 1 nitrogen and oxygen atoms in total. The van der Waals surface area contributed by atoms with Crippen LogP contribution < -0.4 is 0 Å². The van der Waals surface area contributed by atoms with Crippen molar-refractivity contribution < 1.29 is 5.11 Å². The summed E-state index contributed by atoms with van der Waals surface area (Å²) in [5.41, 5.74) is 0. The molecule has 0 bridgehead atoms. The van der Waals surface area contributed by atoms with E-state index in [-0.39, 0.29) is 0 Å². The van der Waals surface area contributed by atoms with Gasteiger partial charge >= 0.3 is 0 Å². The highest BCUT2D eigenvalue weighted by Crippen LogP contribution is 2.39. The van der Waals surface area contributed by atoms with Crippen LogP contribution in [0.25, 0.3) is 0 Å². The Labute approximate surface area is 96.8 Å². The van der Waals surface area contributed by atoms with Gasteiger partial charge in [0.1, 0.15) is -0.565 Å². The van der Waals surface area contributed by atoms with Gasteiger partial charge in [-0.25, -0.2) is 0 Å². The Morgan fingerprint density at radius 1 is 1.11 bits per heavy atom. The average Bonchev–Trinajstić information content (AvgIpc) is 1.63. The summed E-state index contributed by atoms with van der Waals surface area (Å²) in [6, 6.07) is 0. The van der Waals surface area contributed by atoms with Crippen molar-refractivity contribution in [1.82, 2.24) is 0 Å². The van der Waals surface area contributed by atoms with Gasteiger partial charge in [0.05, 0.1) is 0 Å². The van der Waals surface area contributed by atoms with Gasteiger partial charge in [0.15, 0.2) is 0 Å². The predicted octanol–water partition coefficient (Wildman–Crippen LogP) is 3.11. The summed E-state index contributed by atoms with van der Waals surface area (Å²) in [6.45, 7) is 0.333. The lowest BCUT2D eigenvalue weighted by atomic mass is 10.3. The molecule has 0 aromatic carbocycles. The second-order valence-corrected chi connectivity index (χ2v) is 13.5. The summed E-state index contributed by atoms with van der Waals surface area (Å²) in [6.07, 6.45) is 3.25. The van der Waals surface area contributed by atoms with Crippen LogP contribution in [-0.2, 0) is 0 Å². The highest BCUT2D eigenvalue weighted by Gasteiger charge is 2.15. The van der Waals surface area contributed by atoms with E-state index in [1.165, 1.54) is 6.42 Å². The van der Waals surface area contributed by atoms with E-state index in [9.17, 15) is 0 Å². The van der Waals surface area contributed by atoms with Crippen molar-refractivity contribution >= 4 is 67.8 Å². The molecule has 0 aliphatic rings. The Hall–Kier alpha value is 2.15. The first-order valence-corrected chi connectivity index (χ1v) is 5.97. The first-order chi connectivity index (χ1) is 4.06. The number of alkyl halides is 3. The largest absolute Gasteiger partial charge is 0.396 e. The molecule has 1 N–H and O–H groups in total. The van der Waals surface area contributed by atoms with Crippen LogP contribution in [0.4, 0.5) is 0 Å². The molecule has 0 rings (SSSR count). The first kappa shape index (κ1) is 11.2. The van der Waals surface area contributed by atoms with Crippen LogP contribution in [0, 0.1) is 0 Å². The summed E-state index contributed by atoms with van der Waals surface area (Å²) < 4.78 is 0.350. The van der Waals surface area contributed by atoms with Gasteiger partial charge in [-0.05, 0) is 19.3 Å². The van der Waals surface area contributed by atoms with Gasteiger partial charge in [-0.3, -0.25) is 0 Å². The minimum absolute atomic E-state index is 0.333. The van der Waals surface area contributed by atoms with Crippen LogP contribution in [-0.4, -0.2) is 11.1 Å². The molecule has 0 spiro atoms. The molecule has 56 valence electrons. The van der Waals surface area contributed by atoms with E-state index in [4.69, 9.17) is 5.11 Å². The van der Waals surface area contributed by atoms with Crippen LogP contribution in [0.1, 0.15) is 19.3 Å². The Morgan fingerprint density at radius 3 is 2.00 bits per heavy atom. The molecule has 0 radical (unpaired) electrons. The van der Waals surface area contributed by atoms with E-state index in [1.807, 2.05) is 0 Å². The number of unbranched alkanes of at least 4 members (excludes halogenated alkanes) is 1. The molecule has 0 aromatic rings. The summed E-state index contributed by atoms with van der Waals surface area (Å²) in [5.74, 6) is 0. The highest BCUT2D eigenvalue weighted by atomic mass is 127. The molecule has 9 heavy (non-hydrogen) atoms. The number of aliphatic hydroxyl groups is 1. The molecule has 4 heteroatoms. The third-order valence-corrected chi connectivity index (χ3v) is 2.49. The Bertz CT molecular complexity index is 69.1. The van der Waals surface area contributed by atoms with E-state index >= 15 is 0 Å². The third-order valence-electron chi connectivity index (χ3n) is 0.868. The second kappa shape index (κ2) is 5.76. The predicted molar refractivity (Wildman–Crippen MR) is 65.7 cm³/mol. The Morgan fingerprint density at radius 2 is 1.67 bits per heavy atom. The zero-order valence-electron chi connectivity index (χ0n) is 4.91. The zero-order chi connectivity index (χ0) is 7.33. The zero-order valence-corrected chi connectivity index (χ0v) is 11.4. The molecule has 0 saturated heterocycles. The van der Waals surface area contributed by atoms with Gasteiger partial charge in [0.25, 0.3) is 0 Å². The maximum absolute atomic E-state index is 8.46. The van der Waals surface area contributed by atoms with E-state index in [2.05, 4.69) is 67.8 Å². The van der Waals surface area contributed by atoms with Crippen molar-refractivity contribution in [3.05, 3.63) is 0 Å². The van der Waals surface area contributed by atoms with Gasteiger partial charge in [-0.15, -0.1) is 0 Å². The van der Waals surface area contributed by atoms with Gasteiger partial charge in [0.2, 0.25) is 0 Å². The highest BCUT2D eigenvalue weighted by molar-refractivity contribution is 14.3. The number of halogens is 3. The number of aliphatic hydroxyl groups excluding tert-OH is 1. The lowest BCUT2D eigenvalue weighted by molar-refractivity contribution is 0.284. The van der Waals surface area contributed by atoms with Crippen LogP contribution in [0.5, 0.6) is 0 Å². The van der Waals surface area contributed by atoms with E-state index in [0.29, 0.717) is 6.04 Å². The molecule has 0 saturated carbocycles. The summed E-state index contributed by atoms with van der Waals surface area (Å²) in [5, 5.41) is 8.46. The van der Waals surface area contributed by atoms with Crippen LogP contribution in [0.3, 0.4) is 0 Å². The van der Waals surface area contributed by atoms with Crippen molar-refractivity contribution in [3.63, 3.8) is 0 Å². The third kappa shape index (κ3) is 10.2. The van der Waals surface area contributed by atoms with Crippen LogP contribution >= 0.6 is 67.8 Å². The molecular weight excluding hydrogens is 457 g/mol. The lowest BCUT2D eigenvalue weighted by Gasteiger charge is -2.09. The van der Waals surface area contributed by atoms with Gasteiger partial charge in [-0.1, -0.05) is 67.8 Å². The molecule has 0 amide bonds. The Kier molecular flexibility index (Phi) is 7.13. The summed E-state index contributed by atoms with van der Waals surface area (Å²) >= 11 is 7.22. The normalized spacial score (nSPS) is 12.0. The second-order valence-electron chi connectivity index (χ2n) is 1.80.